The van der Waals surface area contributed by atoms with Gasteiger partial charge in [-0.05, 0) is 43.6 Å². The van der Waals surface area contributed by atoms with Crippen LogP contribution >= 0.6 is 0 Å². The third kappa shape index (κ3) is 10.6. The Hall–Kier alpha value is -5.10. The molecule has 8 amide bonds. The van der Waals surface area contributed by atoms with Gasteiger partial charge in [-0.15, -0.1) is 0 Å². The molecule has 0 saturated carbocycles. The molecule has 4 rings (SSSR count). The van der Waals surface area contributed by atoms with Crippen molar-refractivity contribution in [3.05, 3.63) is 35.9 Å². The first-order valence-electron chi connectivity index (χ1n) is 19.2. The molecule has 3 fully saturated rings. The summed E-state index contributed by atoms with van der Waals surface area (Å²) in [5.41, 5.74) is 6.09. The highest BCUT2D eigenvalue weighted by molar-refractivity contribution is 6.00. The molecule has 0 radical (unpaired) electrons. The maximum absolute atomic E-state index is 14.2. The van der Waals surface area contributed by atoms with Crippen molar-refractivity contribution in [2.45, 2.75) is 128 Å². The summed E-state index contributed by atoms with van der Waals surface area (Å²) in [6.45, 7) is 8.30. The number of hydrogen-bond donors (Lipinski definition) is 8. The van der Waals surface area contributed by atoms with Gasteiger partial charge in [0.15, 0.2) is 0 Å². The van der Waals surface area contributed by atoms with E-state index in [0.717, 1.165) is 4.90 Å². The maximum Gasteiger partial charge on any atom is 0.248 e. The van der Waals surface area contributed by atoms with Crippen molar-refractivity contribution in [3.63, 3.8) is 0 Å². The Balaban J connectivity index is 1.80. The Morgan fingerprint density at radius 3 is 2.09 bits per heavy atom. The molecule has 0 spiro atoms. The number of aliphatic hydroxyl groups excluding tert-OH is 2. The van der Waals surface area contributed by atoms with Crippen LogP contribution in [-0.4, -0.2) is 135 Å². The summed E-state index contributed by atoms with van der Waals surface area (Å²) >= 11 is 0. The van der Waals surface area contributed by atoms with Gasteiger partial charge < -0.3 is 52.3 Å². The van der Waals surface area contributed by atoms with Crippen LogP contribution in [0.3, 0.4) is 0 Å². The van der Waals surface area contributed by atoms with Gasteiger partial charge in [0.05, 0.1) is 19.1 Å². The molecule has 56 heavy (non-hydrogen) atoms. The highest BCUT2D eigenvalue weighted by Gasteiger charge is 2.47. The topological polar surface area (TPSA) is 270 Å². The number of benzene rings is 1. The van der Waals surface area contributed by atoms with Crippen LogP contribution in [0.25, 0.3) is 0 Å². The number of amides is 8. The highest BCUT2D eigenvalue weighted by atomic mass is 16.3. The monoisotopic (exact) mass is 784 g/mol. The largest absolute Gasteiger partial charge is 0.388 e. The Morgan fingerprint density at radius 1 is 0.821 bits per heavy atom. The molecule has 3 aliphatic heterocycles. The molecule has 18 nitrogen and oxygen atoms in total. The van der Waals surface area contributed by atoms with E-state index in [1.807, 2.05) is 6.92 Å². The molecule has 18 heteroatoms. The zero-order chi connectivity index (χ0) is 41.4. The summed E-state index contributed by atoms with van der Waals surface area (Å²) in [7, 11) is 0. The van der Waals surface area contributed by atoms with E-state index >= 15 is 0 Å². The van der Waals surface area contributed by atoms with Crippen LogP contribution in [0.5, 0.6) is 0 Å². The number of aliphatic hydroxyl groups is 2. The summed E-state index contributed by atoms with van der Waals surface area (Å²) in [6, 6.07) is -0.793. The molecule has 3 aliphatic rings. The minimum absolute atomic E-state index is 0.0594. The van der Waals surface area contributed by atoms with Crippen LogP contribution in [0.15, 0.2) is 30.3 Å². The Morgan fingerprint density at radius 2 is 1.46 bits per heavy atom. The molecule has 308 valence electrons. The van der Waals surface area contributed by atoms with Gasteiger partial charge in [-0.25, -0.2) is 0 Å². The fraction of sp³-hybridized carbons (Fsp3) is 0.632. The van der Waals surface area contributed by atoms with Crippen molar-refractivity contribution in [2.75, 3.05) is 13.1 Å². The van der Waals surface area contributed by atoms with E-state index in [0.29, 0.717) is 18.4 Å². The number of piperidine rings is 1. The predicted molar refractivity (Wildman–Crippen MR) is 200 cm³/mol. The Kier molecular flexibility index (Phi) is 14.9. The van der Waals surface area contributed by atoms with Gasteiger partial charge >= 0.3 is 0 Å². The molecule has 0 unspecified atom stereocenters. The van der Waals surface area contributed by atoms with Crippen molar-refractivity contribution in [1.82, 2.24) is 36.4 Å². The number of carbonyl (C=O) groups excluding carboxylic acids is 8. The Bertz CT molecular complexity index is 1640. The maximum atomic E-state index is 14.2. The third-order valence-electron chi connectivity index (χ3n) is 10.7. The third-order valence-corrected chi connectivity index (χ3v) is 10.7. The quantitative estimate of drug-likeness (QED) is 0.138. The molecule has 3 heterocycles. The number of rotatable bonds is 8. The minimum Gasteiger partial charge on any atom is -0.388 e. The van der Waals surface area contributed by atoms with E-state index in [9.17, 15) is 48.6 Å². The minimum atomic E-state index is -1.85. The Labute approximate surface area is 326 Å². The first kappa shape index (κ1) is 43.6. The zero-order valence-corrected chi connectivity index (χ0v) is 32.5. The number of nitrogens with one attached hydrogen (secondary N) is 5. The van der Waals surface area contributed by atoms with Gasteiger partial charge in [-0.3, -0.25) is 38.4 Å². The molecular weight excluding hydrogens is 728 g/mol. The second kappa shape index (κ2) is 19.2. The molecule has 0 aromatic heterocycles. The summed E-state index contributed by atoms with van der Waals surface area (Å²) in [6.07, 6.45) is -3.05. The average Bonchev–Trinajstić information content (AvgIpc) is 3.65. The second-order valence-electron chi connectivity index (χ2n) is 15.5. The van der Waals surface area contributed by atoms with Crippen molar-refractivity contribution in [1.29, 1.82) is 0 Å². The summed E-state index contributed by atoms with van der Waals surface area (Å²) in [5.74, 6) is -7.18. The molecule has 1 aromatic carbocycles. The van der Waals surface area contributed by atoms with E-state index in [1.165, 1.54) is 11.8 Å². The second-order valence-corrected chi connectivity index (χ2v) is 15.5. The fourth-order valence-electron chi connectivity index (χ4n) is 7.28. The molecule has 1 aromatic rings. The molecule has 9 N–H and O–H groups in total. The lowest BCUT2D eigenvalue weighted by Crippen LogP contribution is -2.69. The first-order valence-corrected chi connectivity index (χ1v) is 19.2. The number of carbonyl (C=O) groups is 8. The van der Waals surface area contributed by atoms with Gasteiger partial charge in [-0.1, -0.05) is 64.4 Å². The average molecular weight is 785 g/mol. The number of nitrogens with two attached hydrogens (primary N) is 1. The first-order chi connectivity index (χ1) is 26.4. The molecular formula is C38H56N8O10. The lowest BCUT2D eigenvalue weighted by molar-refractivity contribution is -0.160. The van der Waals surface area contributed by atoms with Crippen molar-refractivity contribution >= 4 is 47.3 Å². The number of fused-ring (bicyclic) bond motifs is 3. The summed E-state index contributed by atoms with van der Waals surface area (Å²) in [5, 5.41) is 34.7. The summed E-state index contributed by atoms with van der Waals surface area (Å²) in [4.78, 5) is 112. The van der Waals surface area contributed by atoms with E-state index in [2.05, 4.69) is 26.6 Å². The van der Waals surface area contributed by atoms with E-state index in [4.69, 9.17) is 5.73 Å². The van der Waals surface area contributed by atoms with Gasteiger partial charge in [0.2, 0.25) is 47.3 Å². The number of primary amides is 1. The normalized spacial score (nSPS) is 30.6. The van der Waals surface area contributed by atoms with Crippen LogP contribution in [0.4, 0.5) is 0 Å². The van der Waals surface area contributed by atoms with Crippen LogP contribution in [0, 0.1) is 11.8 Å². The molecule has 2 bridgehead atoms. The van der Waals surface area contributed by atoms with Crippen LogP contribution in [0.2, 0.25) is 0 Å². The van der Waals surface area contributed by atoms with Gasteiger partial charge in [0.25, 0.3) is 0 Å². The number of nitrogens with zero attached hydrogens (tertiary/aromatic N) is 2. The molecule has 10 atom stereocenters. The smallest absolute Gasteiger partial charge is 0.248 e. The van der Waals surface area contributed by atoms with Gasteiger partial charge in [0.1, 0.15) is 48.4 Å². The predicted octanol–water partition coefficient (Wildman–Crippen LogP) is -2.42. The van der Waals surface area contributed by atoms with E-state index in [-0.39, 0.29) is 31.7 Å². The lowest BCUT2D eigenvalue weighted by Gasteiger charge is -2.43. The summed E-state index contributed by atoms with van der Waals surface area (Å²) < 4.78 is 0. The fourth-order valence-corrected chi connectivity index (χ4v) is 7.28. The lowest BCUT2D eigenvalue weighted by atomic mass is 9.93. The molecule has 3 saturated heterocycles. The number of hydrogen-bond acceptors (Lipinski definition) is 10. The van der Waals surface area contributed by atoms with Crippen LogP contribution in [0.1, 0.15) is 72.3 Å². The van der Waals surface area contributed by atoms with Crippen LogP contribution in [-0.2, 0) is 44.8 Å². The SMILES string of the molecule is CC[C@H](C)[C@@H]1NC(=O)[C@H](C)NC(=O)[C@H](CC(C)C)N2C[C@@H](O)[C@@H](O)[C@H](NC(=O)[C@H](CC(N)=O)NC(=O)[C@H](Cc3ccccc3)NC(=O)[C@@H]3CCCN3C1=O)C2=O. The van der Waals surface area contributed by atoms with Crippen LogP contribution < -0.4 is 32.3 Å². The molecule has 0 aliphatic carbocycles. The van der Waals surface area contributed by atoms with E-state index < -0.39 is 121 Å². The van der Waals surface area contributed by atoms with Crippen molar-refractivity contribution < 1.29 is 48.6 Å². The zero-order valence-electron chi connectivity index (χ0n) is 32.5. The van der Waals surface area contributed by atoms with Crippen molar-refractivity contribution in [2.24, 2.45) is 17.6 Å². The standard InChI is InChI=1S/C38H56N8O10/c1-6-20(4)29-37(55)45-14-10-13-25(45)35(53)42-23(16-22-11-8-7-9-12-22)33(51)41-24(17-28(39)48)34(52)44-30-31(49)27(47)18-46(38(30)56)26(15-19(2)3)36(54)40-21(5)32(50)43-29/h7-9,11-12,19-21,23-27,29-31,47,49H,6,10,13-18H2,1-5H3,(H2,39,48)(H,40,54)(H,41,51)(H,42,53)(H,43,50)(H,44,52)/t20-,21-,23-,24-,25-,26-,27+,29-,30-,31+/m0/s1. The van der Waals surface area contributed by atoms with Gasteiger partial charge in [-0.2, -0.15) is 0 Å². The van der Waals surface area contributed by atoms with Crippen molar-refractivity contribution in [3.8, 4) is 0 Å². The highest BCUT2D eigenvalue weighted by Crippen LogP contribution is 2.24. The van der Waals surface area contributed by atoms with Gasteiger partial charge in [0, 0.05) is 13.0 Å². The van der Waals surface area contributed by atoms with E-state index in [1.54, 1.807) is 51.1 Å².